The van der Waals surface area contributed by atoms with E-state index in [-0.39, 0.29) is 12.4 Å². The second-order valence-corrected chi connectivity index (χ2v) is 5.96. The Bertz CT molecular complexity index is 261. The summed E-state index contributed by atoms with van der Waals surface area (Å²) >= 11 is 0. The summed E-state index contributed by atoms with van der Waals surface area (Å²) in [6.45, 7) is 0. The molecule has 0 aromatic carbocycles. The molecule has 1 aliphatic carbocycles. The number of hydrogen-bond donors (Lipinski definition) is 2. The second kappa shape index (κ2) is 6.68. The third kappa shape index (κ3) is 5.15. The summed E-state index contributed by atoms with van der Waals surface area (Å²) in [6, 6.07) is 0.587. The molecule has 1 saturated carbocycles. The summed E-state index contributed by atoms with van der Waals surface area (Å²) in [5, 5.41) is 3.24. The van der Waals surface area contributed by atoms with E-state index < -0.39 is 10.0 Å². The number of nitrogens with one attached hydrogen (secondary N) is 2. The molecule has 0 saturated heterocycles. The second-order valence-electron chi connectivity index (χ2n) is 3.99. The molecule has 0 unspecified atom stereocenters. The monoisotopic (exact) mass is 256 g/mol. The van der Waals surface area contributed by atoms with Crippen molar-refractivity contribution in [3.05, 3.63) is 0 Å². The lowest BCUT2D eigenvalue weighted by molar-refractivity contribution is 0.320. The number of hydrogen-bond acceptors (Lipinski definition) is 3. The number of halogens is 1. The lowest BCUT2D eigenvalue weighted by Crippen LogP contribution is -2.34. The van der Waals surface area contributed by atoms with Crippen molar-refractivity contribution in [2.24, 2.45) is 5.92 Å². The van der Waals surface area contributed by atoms with Crippen LogP contribution in [0.4, 0.5) is 0 Å². The van der Waals surface area contributed by atoms with Crippen LogP contribution in [0.25, 0.3) is 0 Å². The van der Waals surface area contributed by atoms with Crippen molar-refractivity contribution >= 4 is 22.4 Å². The smallest absolute Gasteiger partial charge is 0.211 e. The van der Waals surface area contributed by atoms with Crippen LogP contribution >= 0.6 is 12.4 Å². The zero-order chi connectivity index (χ0) is 10.6. The van der Waals surface area contributed by atoms with Gasteiger partial charge < -0.3 is 5.32 Å². The molecule has 0 radical (unpaired) electrons. The molecule has 0 aromatic rings. The van der Waals surface area contributed by atoms with Crippen LogP contribution in [0, 0.1) is 5.92 Å². The predicted octanol–water partition coefficient (Wildman–Crippen LogP) is 0.736. The molecule has 4 nitrogen and oxygen atoms in total. The maximum Gasteiger partial charge on any atom is 0.211 e. The summed E-state index contributed by atoms with van der Waals surface area (Å²) in [5.41, 5.74) is 0. The fourth-order valence-electron chi connectivity index (χ4n) is 2.01. The van der Waals surface area contributed by atoms with Gasteiger partial charge in [0, 0.05) is 6.04 Å². The molecule has 0 aliphatic heterocycles. The van der Waals surface area contributed by atoms with Crippen LogP contribution in [-0.4, -0.2) is 34.3 Å². The molecule has 92 valence electrons. The van der Waals surface area contributed by atoms with Gasteiger partial charge in [0.2, 0.25) is 10.0 Å². The van der Waals surface area contributed by atoms with Gasteiger partial charge in [-0.1, -0.05) is 0 Å². The molecule has 1 aliphatic rings. The molecule has 6 heteroatoms. The minimum atomic E-state index is -3.01. The standard InChI is InChI=1S/C9H20N2O2S.ClH/c1-10-9-5-3-8(4-6-9)7-14(12,13)11-2;/h8-11H,3-7H2,1-2H3;1H. The first-order valence-electron chi connectivity index (χ1n) is 5.16. The van der Waals surface area contributed by atoms with Gasteiger partial charge in [-0.25, -0.2) is 13.1 Å². The molecule has 0 atom stereocenters. The first-order valence-corrected chi connectivity index (χ1v) is 6.81. The van der Waals surface area contributed by atoms with Gasteiger partial charge in [0.25, 0.3) is 0 Å². The first-order chi connectivity index (χ1) is 6.57. The zero-order valence-corrected chi connectivity index (χ0v) is 11.0. The summed E-state index contributed by atoms with van der Waals surface area (Å²) in [5.74, 6) is 0.636. The third-order valence-electron chi connectivity index (χ3n) is 3.02. The van der Waals surface area contributed by atoms with Gasteiger partial charge in [0.15, 0.2) is 0 Å². The molecule has 0 spiro atoms. The zero-order valence-electron chi connectivity index (χ0n) is 9.32. The van der Waals surface area contributed by atoms with Crippen LogP contribution in [0.5, 0.6) is 0 Å². The highest BCUT2D eigenvalue weighted by atomic mass is 35.5. The van der Waals surface area contributed by atoms with E-state index in [1.54, 1.807) is 0 Å². The Morgan fingerprint density at radius 3 is 2.07 bits per heavy atom. The maximum absolute atomic E-state index is 11.3. The lowest BCUT2D eigenvalue weighted by Gasteiger charge is -2.27. The van der Waals surface area contributed by atoms with Gasteiger partial charge in [0.05, 0.1) is 5.75 Å². The minimum Gasteiger partial charge on any atom is -0.317 e. The topological polar surface area (TPSA) is 58.2 Å². The van der Waals surface area contributed by atoms with Crippen LogP contribution < -0.4 is 10.0 Å². The summed E-state index contributed by atoms with van der Waals surface area (Å²) in [7, 11) is 0.435. The average molecular weight is 257 g/mol. The molecule has 1 fully saturated rings. The van der Waals surface area contributed by atoms with E-state index in [1.807, 2.05) is 7.05 Å². The molecule has 0 bridgehead atoms. The summed E-state index contributed by atoms with van der Waals surface area (Å²) in [4.78, 5) is 0. The van der Waals surface area contributed by atoms with Crippen LogP contribution in [0.1, 0.15) is 25.7 Å². The molecular formula is C9H21ClN2O2S. The van der Waals surface area contributed by atoms with E-state index >= 15 is 0 Å². The van der Waals surface area contributed by atoms with Gasteiger partial charge in [0.1, 0.15) is 0 Å². The predicted molar refractivity (Wildman–Crippen MR) is 64.9 cm³/mol. The van der Waals surface area contributed by atoms with E-state index in [1.165, 1.54) is 7.05 Å². The van der Waals surface area contributed by atoms with Crippen molar-refractivity contribution in [3.8, 4) is 0 Å². The first kappa shape index (κ1) is 15.2. The fourth-order valence-corrected chi connectivity index (χ4v) is 3.13. The molecule has 15 heavy (non-hydrogen) atoms. The highest BCUT2D eigenvalue weighted by Gasteiger charge is 2.23. The lowest BCUT2D eigenvalue weighted by atomic mass is 9.87. The van der Waals surface area contributed by atoms with Crippen molar-refractivity contribution in [2.45, 2.75) is 31.7 Å². The Balaban J connectivity index is 0.00000196. The van der Waals surface area contributed by atoms with Gasteiger partial charge >= 0.3 is 0 Å². The molecule has 0 heterocycles. The average Bonchev–Trinajstić information content (AvgIpc) is 2.19. The Morgan fingerprint density at radius 1 is 1.13 bits per heavy atom. The van der Waals surface area contributed by atoms with Crippen molar-refractivity contribution in [2.75, 3.05) is 19.8 Å². The van der Waals surface area contributed by atoms with E-state index in [0.717, 1.165) is 25.7 Å². The highest BCUT2D eigenvalue weighted by Crippen LogP contribution is 2.24. The third-order valence-corrected chi connectivity index (χ3v) is 4.55. The Kier molecular flexibility index (Phi) is 6.75. The van der Waals surface area contributed by atoms with Crippen molar-refractivity contribution in [1.29, 1.82) is 0 Å². The van der Waals surface area contributed by atoms with Crippen LogP contribution in [-0.2, 0) is 10.0 Å². The van der Waals surface area contributed by atoms with Crippen LogP contribution in [0.3, 0.4) is 0 Å². The van der Waals surface area contributed by atoms with E-state index in [9.17, 15) is 8.42 Å². The normalized spacial score (nSPS) is 27.1. The quantitative estimate of drug-likeness (QED) is 0.780. The molecule has 0 amide bonds. The van der Waals surface area contributed by atoms with Crippen LogP contribution in [0.15, 0.2) is 0 Å². The van der Waals surface area contributed by atoms with Crippen molar-refractivity contribution in [1.82, 2.24) is 10.0 Å². The Hall–Kier alpha value is 0.160. The van der Waals surface area contributed by atoms with Crippen LogP contribution in [0.2, 0.25) is 0 Å². The SMILES string of the molecule is CNC1CCC(CS(=O)(=O)NC)CC1.Cl. The largest absolute Gasteiger partial charge is 0.317 e. The molecular weight excluding hydrogens is 236 g/mol. The molecule has 0 aromatic heterocycles. The fraction of sp³-hybridized carbons (Fsp3) is 1.00. The van der Waals surface area contributed by atoms with Crippen molar-refractivity contribution < 1.29 is 8.42 Å². The summed E-state index contributed by atoms with van der Waals surface area (Å²) < 4.78 is 25.0. The molecule has 1 rings (SSSR count). The number of sulfonamides is 1. The van der Waals surface area contributed by atoms with Gasteiger partial charge in [-0.15, -0.1) is 12.4 Å². The van der Waals surface area contributed by atoms with Crippen molar-refractivity contribution in [3.63, 3.8) is 0 Å². The van der Waals surface area contributed by atoms with Gasteiger partial charge in [-0.3, -0.25) is 0 Å². The van der Waals surface area contributed by atoms with E-state index in [4.69, 9.17) is 0 Å². The highest BCUT2D eigenvalue weighted by molar-refractivity contribution is 7.89. The van der Waals surface area contributed by atoms with E-state index in [0.29, 0.717) is 17.7 Å². The Morgan fingerprint density at radius 2 is 1.67 bits per heavy atom. The molecule has 2 N–H and O–H groups in total. The van der Waals surface area contributed by atoms with E-state index in [2.05, 4.69) is 10.0 Å². The Labute approximate surface area is 98.7 Å². The maximum atomic E-state index is 11.3. The number of rotatable bonds is 4. The minimum absolute atomic E-state index is 0. The summed E-state index contributed by atoms with van der Waals surface area (Å²) in [6.07, 6.45) is 4.24. The van der Waals surface area contributed by atoms with Gasteiger partial charge in [-0.2, -0.15) is 0 Å². The van der Waals surface area contributed by atoms with Gasteiger partial charge in [-0.05, 0) is 45.7 Å².